The molecule has 1 N–H and O–H groups in total. The SMILES string of the molecule is OCCN(Cc1coc(-c2c(F)cccc2F)n1)C1CCc2ccccc21. The molecule has 140 valence electrons. The molecule has 2 aromatic carbocycles. The van der Waals surface area contributed by atoms with Gasteiger partial charge < -0.3 is 9.52 Å². The average molecular weight is 370 g/mol. The van der Waals surface area contributed by atoms with E-state index >= 15 is 0 Å². The van der Waals surface area contributed by atoms with E-state index in [1.54, 1.807) is 0 Å². The lowest BCUT2D eigenvalue weighted by molar-refractivity contribution is 0.141. The largest absolute Gasteiger partial charge is 0.444 e. The van der Waals surface area contributed by atoms with Crippen LogP contribution in [0.25, 0.3) is 11.5 Å². The highest BCUT2D eigenvalue weighted by Crippen LogP contribution is 2.36. The lowest BCUT2D eigenvalue weighted by atomic mass is 10.1. The van der Waals surface area contributed by atoms with Gasteiger partial charge in [0.15, 0.2) is 0 Å². The minimum atomic E-state index is -0.708. The van der Waals surface area contributed by atoms with Gasteiger partial charge in [0, 0.05) is 19.1 Å². The predicted molar refractivity (Wildman–Crippen MR) is 96.9 cm³/mol. The molecular weight excluding hydrogens is 350 g/mol. The number of aromatic nitrogens is 1. The van der Waals surface area contributed by atoms with Gasteiger partial charge in [-0.1, -0.05) is 30.3 Å². The molecule has 1 aliphatic rings. The summed E-state index contributed by atoms with van der Waals surface area (Å²) in [4.78, 5) is 6.41. The van der Waals surface area contributed by atoms with E-state index in [2.05, 4.69) is 22.0 Å². The Morgan fingerprint density at radius 1 is 1.11 bits per heavy atom. The van der Waals surface area contributed by atoms with Gasteiger partial charge in [-0.25, -0.2) is 13.8 Å². The number of oxazole rings is 1. The van der Waals surface area contributed by atoms with Crippen molar-refractivity contribution in [3.63, 3.8) is 0 Å². The Labute approximate surface area is 156 Å². The molecule has 0 bridgehead atoms. The third-order valence-corrected chi connectivity index (χ3v) is 5.02. The summed E-state index contributed by atoms with van der Waals surface area (Å²) in [5, 5.41) is 9.49. The van der Waals surface area contributed by atoms with Crippen LogP contribution in [0.4, 0.5) is 8.78 Å². The molecule has 1 heterocycles. The van der Waals surface area contributed by atoms with Crippen LogP contribution in [0.1, 0.15) is 29.3 Å². The maximum atomic E-state index is 14.0. The number of aliphatic hydroxyl groups is 1. The Balaban J connectivity index is 1.58. The average Bonchev–Trinajstić information content (AvgIpc) is 3.28. The molecule has 6 heteroatoms. The van der Waals surface area contributed by atoms with Gasteiger partial charge in [-0.2, -0.15) is 0 Å². The molecule has 0 spiro atoms. The first-order valence-corrected chi connectivity index (χ1v) is 8.99. The fourth-order valence-corrected chi connectivity index (χ4v) is 3.79. The van der Waals surface area contributed by atoms with Gasteiger partial charge in [0.05, 0.1) is 12.3 Å². The molecule has 0 aliphatic heterocycles. The van der Waals surface area contributed by atoms with E-state index in [0.29, 0.717) is 18.8 Å². The van der Waals surface area contributed by atoms with E-state index in [1.165, 1.54) is 35.6 Å². The number of nitrogens with zero attached hydrogens (tertiary/aromatic N) is 2. The second kappa shape index (κ2) is 7.58. The quantitative estimate of drug-likeness (QED) is 0.710. The summed E-state index contributed by atoms with van der Waals surface area (Å²) in [6.45, 7) is 0.930. The summed E-state index contributed by atoms with van der Waals surface area (Å²) in [6.07, 6.45) is 3.38. The number of aliphatic hydroxyl groups excluding tert-OH is 1. The summed E-state index contributed by atoms with van der Waals surface area (Å²) in [5.41, 5.74) is 2.89. The van der Waals surface area contributed by atoms with Crippen LogP contribution in [0.3, 0.4) is 0 Å². The Morgan fingerprint density at radius 2 is 1.89 bits per heavy atom. The van der Waals surface area contributed by atoms with Crippen LogP contribution in [0.2, 0.25) is 0 Å². The van der Waals surface area contributed by atoms with Gasteiger partial charge in [-0.15, -0.1) is 0 Å². The van der Waals surface area contributed by atoms with Crippen LogP contribution >= 0.6 is 0 Å². The van der Waals surface area contributed by atoms with Gasteiger partial charge in [0.25, 0.3) is 0 Å². The Bertz CT molecular complexity index is 921. The highest BCUT2D eigenvalue weighted by molar-refractivity contribution is 5.55. The van der Waals surface area contributed by atoms with Crippen molar-refractivity contribution in [1.82, 2.24) is 9.88 Å². The summed E-state index contributed by atoms with van der Waals surface area (Å²) >= 11 is 0. The zero-order chi connectivity index (χ0) is 18.8. The fraction of sp³-hybridized carbons (Fsp3) is 0.286. The van der Waals surface area contributed by atoms with Crippen LogP contribution in [-0.2, 0) is 13.0 Å². The van der Waals surface area contributed by atoms with Crippen molar-refractivity contribution in [2.75, 3.05) is 13.2 Å². The summed E-state index contributed by atoms with van der Waals surface area (Å²) in [7, 11) is 0. The van der Waals surface area contributed by atoms with E-state index in [1.807, 2.05) is 12.1 Å². The van der Waals surface area contributed by atoms with Crippen molar-refractivity contribution in [3.05, 3.63) is 77.2 Å². The first-order valence-electron chi connectivity index (χ1n) is 8.99. The van der Waals surface area contributed by atoms with Gasteiger partial charge >= 0.3 is 0 Å². The molecule has 1 aliphatic carbocycles. The van der Waals surface area contributed by atoms with Crippen LogP contribution < -0.4 is 0 Å². The van der Waals surface area contributed by atoms with Crippen LogP contribution in [-0.4, -0.2) is 28.1 Å². The normalized spacial score (nSPS) is 16.1. The van der Waals surface area contributed by atoms with Crippen molar-refractivity contribution < 1.29 is 18.3 Å². The maximum Gasteiger partial charge on any atom is 0.232 e. The molecule has 0 saturated heterocycles. The molecule has 1 aromatic heterocycles. The number of hydrogen-bond donors (Lipinski definition) is 1. The third-order valence-electron chi connectivity index (χ3n) is 5.02. The number of fused-ring (bicyclic) bond motifs is 1. The smallest absolute Gasteiger partial charge is 0.232 e. The van der Waals surface area contributed by atoms with Crippen molar-refractivity contribution >= 4 is 0 Å². The fourth-order valence-electron chi connectivity index (χ4n) is 3.79. The highest BCUT2D eigenvalue weighted by atomic mass is 19.1. The van der Waals surface area contributed by atoms with Crippen molar-refractivity contribution in [1.29, 1.82) is 0 Å². The Kier molecular flexibility index (Phi) is 5.01. The molecule has 0 fully saturated rings. The first-order chi connectivity index (χ1) is 13.2. The highest BCUT2D eigenvalue weighted by Gasteiger charge is 2.28. The summed E-state index contributed by atoms with van der Waals surface area (Å²) in [6, 6.07) is 12.1. The van der Waals surface area contributed by atoms with E-state index in [4.69, 9.17) is 4.42 Å². The minimum Gasteiger partial charge on any atom is -0.444 e. The molecular formula is C21H20F2N2O2. The lowest BCUT2D eigenvalue weighted by Crippen LogP contribution is -2.30. The van der Waals surface area contributed by atoms with Gasteiger partial charge in [0.1, 0.15) is 23.5 Å². The van der Waals surface area contributed by atoms with Crippen LogP contribution in [0, 0.1) is 11.6 Å². The molecule has 4 nitrogen and oxygen atoms in total. The zero-order valence-corrected chi connectivity index (χ0v) is 14.7. The Morgan fingerprint density at radius 3 is 2.67 bits per heavy atom. The monoisotopic (exact) mass is 370 g/mol. The molecule has 0 saturated carbocycles. The van der Waals surface area contributed by atoms with Crippen LogP contribution in [0.5, 0.6) is 0 Å². The molecule has 1 unspecified atom stereocenters. The van der Waals surface area contributed by atoms with Gasteiger partial charge in [-0.05, 0) is 36.1 Å². The molecule has 3 aromatic rings. The molecule has 1 atom stereocenters. The molecule has 4 rings (SSSR count). The second-order valence-corrected chi connectivity index (χ2v) is 6.69. The number of benzene rings is 2. The zero-order valence-electron chi connectivity index (χ0n) is 14.7. The van der Waals surface area contributed by atoms with Crippen molar-refractivity contribution in [3.8, 4) is 11.5 Å². The van der Waals surface area contributed by atoms with E-state index in [9.17, 15) is 13.9 Å². The lowest BCUT2D eigenvalue weighted by Gasteiger charge is -2.28. The second-order valence-electron chi connectivity index (χ2n) is 6.69. The minimum absolute atomic E-state index is 0.0192. The van der Waals surface area contributed by atoms with Crippen molar-refractivity contribution in [2.45, 2.75) is 25.4 Å². The summed E-state index contributed by atoms with van der Waals surface area (Å²) in [5.74, 6) is -1.49. The molecule has 0 amide bonds. The number of aryl methyl sites for hydroxylation is 1. The third kappa shape index (κ3) is 3.50. The number of halogens is 2. The van der Waals surface area contributed by atoms with Gasteiger partial charge in [0.2, 0.25) is 5.89 Å². The maximum absolute atomic E-state index is 14.0. The van der Waals surface area contributed by atoms with Crippen LogP contribution in [0.15, 0.2) is 53.1 Å². The summed E-state index contributed by atoms with van der Waals surface area (Å²) < 4.78 is 33.3. The Hall–Kier alpha value is -2.57. The molecule has 0 radical (unpaired) electrons. The van der Waals surface area contributed by atoms with E-state index in [0.717, 1.165) is 12.8 Å². The van der Waals surface area contributed by atoms with Crippen molar-refractivity contribution in [2.24, 2.45) is 0 Å². The van der Waals surface area contributed by atoms with E-state index < -0.39 is 11.6 Å². The topological polar surface area (TPSA) is 49.5 Å². The van der Waals surface area contributed by atoms with Gasteiger partial charge in [-0.3, -0.25) is 4.90 Å². The number of rotatable bonds is 6. The number of hydrogen-bond acceptors (Lipinski definition) is 4. The van der Waals surface area contributed by atoms with E-state index in [-0.39, 0.29) is 24.1 Å². The predicted octanol–water partition coefficient (Wildman–Crippen LogP) is 4.10. The molecule has 27 heavy (non-hydrogen) atoms. The standard InChI is InChI=1S/C21H20F2N2O2/c22-17-6-3-7-18(23)20(17)21-24-15(13-27-21)12-25(10-11-26)19-9-8-14-4-1-2-5-16(14)19/h1-7,13,19,26H,8-12H2. The first kappa shape index (κ1) is 17.8.